The zero-order chi connectivity index (χ0) is 17.2. The molecule has 2 aliphatic rings. The first-order valence-electron chi connectivity index (χ1n) is 8.94. The van der Waals surface area contributed by atoms with Crippen LogP contribution in [0.2, 0.25) is 0 Å². The van der Waals surface area contributed by atoms with Crippen molar-refractivity contribution in [2.24, 2.45) is 0 Å². The van der Waals surface area contributed by atoms with E-state index >= 15 is 0 Å². The van der Waals surface area contributed by atoms with Crippen LogP contribution in [-0.2, 0) is 11.3 Å². The number of ether oxygens (including phenoxy) is 1. The van der Waals surface area contributed by atoms with Crippen LogP contribution in [0.3, 0.4) is 0 Å². The Balaban J connectivity index is 1.56. The molecule has 0 bridgehead atoms. The molecule has 2 fully saturated rings. The number of piperazine rings is 1. The van der Waals surface area contributed by atoms with Gasteiger partial charge in [-0.05, 0) is 37.1 Å². The second kappa shape index (κ2) is 6.88. The summed E-state index contributed by atoms with van der Waals surface area (Å²) in [7, 11) is 1.67. The molecule has 4 rings (SSSR count). The Hall–Kier alpha value is -2.34. The first-order chi connectivity index (χ1) is 12.2. The number of nitrogens with one attached hydrogen (secondary N) is 2. The predicted octanol–water partition coefficient (Wildman–Crippen LogP) is 2.33. The molecule has 1 aromatic carbocycles. The van der Waals surface area contributed by atoms with Gasteiger partial charge in [0.25, 0.3) is 0 Å². The van der Waals surface area contributed by atoms with Gasteiger partial charge in [-0.25, -0.2) is 0 Å². The predicted molar refractivity (Wildman–Crippen MR) is 95.2 cm³/mol. The van der Waals surface area contributed by atoms with Crippen molar-refractivity contribution in [3.05, 3.63) is 36.0 Å². The first kappa shape index (κ1) is 16.1. The van der Waals surface area contributed by atoms with Crippen molar-refractivity contribution < 1.29 is 9.53 Å². The van der Waals surface area contributed by atoms with Crippen LogP contribution in [0.15, 0.2) is 30.5 Å². The quantitative estimate of drug-likeness (QED) is 0.896. The first-order valence-corrected chi connectivity index (χ1v) is 8.94. The molecular weight excluding hydrogens is 316 g/mol. The third-order valence-electron chi connectivity index (χ3n) is 5.36. The molecule has 1 saturated carbocycles. The van der Waals surface area contributed by atoms with Crippen molar-refractivity contribution in [1.82, 2.24) is 20.4 Å². The Kier molecular flexibility index (Phi) is 4.44. The molecule has 2 atom stereocenters. The number of benzene rings is 1. The van der Waals surface area contributed by atoms with Gasteiger partial charge < -0.3 is 10.1 Å². The Morgan fingerprint density at radius 1 is 1.24 bits per heavy atom. The molecule has 2 heterocycles. The van der Waals surface area contributed by atoms with E-state index in [1.165, 1.54) is 12.8 Å². The molecule has 132 valence electrons. The lowest BCUT2D eigenvalue weighted by atomic mass is 9.87. The zero-order valence-corrected chi connectivity index (χ0v) is 14.5. The average molecular weight is 340 g/mol. The van der Waals surface area contributed by atoms with E-state index < -0.39 is 0 Å². The fraction of sp³-hybridized carbons (Fsp3) is 0.474. The summed E-state index contributed by atoms with van der Waals surface area (Å²) in [5.74, 6) is 0.972. The Morgan fingerprint density at radius 3 is 2.84 bits per heavy atom. The Bertz CT molecular complexity index is 740. The van der Waals surface area contributed by atoms with Crippen LogP contribution in [0.1, 0.15) is 31.2 Å². The van der Waals surface area contributed by atoms with E-state index in [4.69, 9.17) is 4.74 Å². The molecule has 1 aromatic heterocycles. The molecule has 0 unspecified atom stereocenters. The number of aromatic amines is 1. The van der Waals surface area contributed by atoms with E-state index in [1.807, 2.05) is 30.5 Å². The fourth-order valence-corrected chi connectivity index (χ4v) is 4.10. The number of methoxy groups -OCH3 is 1. The lowest BCUT2D eigenvalue weighted by Crippen LogP contribution is -2.61. The maximum atomic E-state index is 12.1. The number of amides is 1. The molecule has 2 N–H and O–H groups in total. The van der Waals surface area contributed by atoms with Crippen molar-refractivity contribution in [2.45, 2.75) is 44.3 Å². The summed E-state index contributed by atoms with van der Waals surface area (Å²) in [4.78, 5) is 14.4. The summed E-state index contributed by atoms with van der Waals surface area (Å²) in [5.41, 5.74) is 3.22. The van der Waals surface area contributed by atoms with Gasteiger partial charge in [-0.15, -0.1) is 0 Å². The monoisotopic (exact) mass is 340 g/mol. The molecule has 25 heavy (non-hydrogen) atoms. The third kappa shape index (κ3) is 3.26. The van der Waals surface area contributed by atoms with Crippen LogP contribution >= 0.6 is 0 Å². The van der Waals surface area contributed by atoms with E-state index in [0.29, 0.717) is 18.6 Å². The van der Waals surface area contributed by atoms with Gasteiger partial charge in [-0.3, -0.25) is 14.8 Å². The van der Waals surface area contributed by atoms with Crippen molar-refractivity contribution >= 4 is 5.91 Å². The van der Waals surface area contributed by atoms with Gasteiger partial charge in [0.2, 0.25) is 5.91 Å². The number of carbonyl (C=O) groups is 1. The van der Waals surface area contributed by atoms with Gasteiger partial charge in [0.05, 0.1) is 25.5 Å². The van der Waals surface area contributed by atoms with Crippen molar-refractivity contribution in [2.75, 3.05) is 13.7 Å². The van der Waals surface area contributed by atoms with E-state index in [2.05, 4.69) is 20.4 Å². The normalized spacial score (nSPS) is 23.8. The summed E-state index contributed by atoms with van der Waals surface area (Å²) in [6, 6.07) is 8.69. The molecule has 1 aliphatic heterocycles. The number of nitrogens with zero attached hydrogens (tertiary/aromatic N) is 2. The molecular formula is C19H24N4O2. The minimum Gasteiger partial charge on any atom is -0.497 e. The summed E-state index contributed by atoms with van der Waals surface area (Å²) in [6.07, 6.45) is 6.57. The molecule has 1 saturated heterocycles. The minimum absolute atomic E-state index is 0.137. The van der Waals surface area contributed by atoms with E-state index in [0.717, 1.165) is 42.0 Å². The van der Waals surface area contributed by atoms with Gasteiger partial charge >= 0.3 is 0 Å². The number of H-pyrrole nitrogens is 1. The van der Waals surface area contributed by atoms with E-state index in [1.54, 1.807) is 7.11 Å². The van der Waals surface area contributed by atoms with Crippen LogP contribution in [-0.4, -0.2) is 46.7 Å². The largest absolute Gasteiger partial charge is 0.497 e. The highest BCUT2D eigenvalue weighted by Crippen LogP contribution is 2.29. The maximum absolute atomic E-state index is 12.1. The Morgan fingerprint density at radius 2 is 2.04 bits per heavy atom. The summed E-state index contributed by atoms with van der Waals surface area (Å²) in [5, 5.41) is 10.5. The Labute approximate surface area is 147 Å². The van der Waals surface area contributed by atoms with E-state index in [9.17, 15) is 4.79 Å². The molecule has 6 nitrogen and oxygen atoms in total. The molecule has 2 aromatic rings. The minimum atomic E-state index is 0.137. The zero-order valence-electron chi connectivity index (χ0n) is 14.5. The van der Waals surface area contributed by atoms with Gasteiger partial charge in [0.1, 0.15) is 5.75 Å². The SMILES string of the molecule is COc1ccc(-c2[nH]ncc2CN2CC(=O)N[C@H]3CCCC[C@@H]32)cc1. The van der Waals surface area contributed by atoms with Crippen molar-refractivity contribution in [3.63, 3.8) is 0 Å². The van der Waals surface area contributed by atoms with Crippen LogP contribution in [0, 0.1) is 0 Å². The number of carbonyl (C=O) groups excluding carboxylic acids is 1. The van der Waals surface area contributed by atoms with Crippen LogP contribution in [0.5, 0.6) is 5.75 Å². The fourth-order valence-electron chi connectivity index (χ4n) is 4.10. The molecule has 0 spiro atoms. The van der Waals surface area contributed by atoms with Gasteiger partial charge in [0.15, 0.2) is 0 Å². The highest BCUT2D eigenvalue weighted by molar-refractivity contribution is 5.79. The summed E-state index contributed by atoms with van der Waals surface area (Å²) < 4.78 is 5.23. The van der Waals surface area contributed by atoms with Gasteiger partial charge in [-0.2, -0.15) is 5.10 Å². The number of hydrogen-bond donors (Lipinski definition) is 2. The van der Waals surface area contributed by atoms with Crippen LogP contribution in [0.25, 0.3) is 11.3 Å². The lowest BCUT2D eigenvalue weighted by Gasteiger charge is -2.44. The van der Waals surface area contributed by atoms with Gasteiger partial charge in [-0.1, -0.05) is 12.8 Å². The topological polar surface area (TPSA) is 70.2 Å². The highest BCUT2D eigenvalue weighted by Gasteiger charge is 2.36. The standard InChI is InChI=1S/C19H24N4O2/c1-25-15-8-6-13(7-9-15)19-14(10-20-22-19)11-23-12-18(24)21-16-4-2-3-5-17(16)23/h6-10,16-17H,2-5,11-12H2,1H3,(H,20,22)(H,21,24)/t16-,17-/m0/s1. The second-order valence-electron chi connectivity index (χ2n) is 6.93. The average Bonchev–Trinajstić information content (AvgIpc) is 3.10. The molecule has 1 aliphatic carbocycles. The molecule has 1 amide bonds. The number of aromatic nitrogens is 2. The number of hydrogen-bond acceptors (Lipinski definition) is 4. The molecule has 6 heteroatoms. The molecule has 0 radical (unpaired) electrons. The van der Waals surface area contributed by atoms with Crippen molar-refractivity contribution in [3.8, 4) is 17.0 Å². The maximum Gasteiger partial charge on any atom is 0.234 e. The summed E-state index contributed by atoms with van der Waals surface area (Å²) >= 11 is 0. The summed E-state index contributed by atoms with van der Waals surface area (Å²) in [6.45, 7) is 1.21. The highest BCUT2D eigenvalue weighted by atomic mass is 16.5. The van der Waals surface area contributed by atoms with Crippen molar-refractivity contribution in [1.29, 1.82) is 0 Å². The third-order valence-corrected chi connectivity index (χ3v) is 5.36. The lowest BCUT2D eigenvalue weighted by molar-refractivity contribution is -0.128. The van der Waals surface area contributed by atoms with Crippen LogP contribution in [0.4, 0.5) is 0 Å². The second-order valence-corrected chi connectivity index (χ2v) is 6.93. The number of rotatable bonds is 4. The smallest absolute Gasteiger partial charge is 0.234 e. The van der Waals surface area contributed by atoms with E-state index in [-0.39, 0.29) is 5.91 Å². The number of fused-ring (bicyclic) bond motifs is 1. The van der Waals surface area contributed by atoms with Crippen LogP contribution < -0.4 is 10.1 Å². The van der Waals surface area contributed by atoms with Gasteiger partial charge in [0, 0.05) is 29.8 Å².